The average Bonchev–Trinajstić information content (AvgIpc) is 2.14. The first kappa shape index (κ1) is 7.09. The van der Waals surface area contributed by atoms with Crippen LogP contribution in [0.4, 0.5) is 0 Å². The quantitative estimate of drug-likeness (QED) is 0.599. The fourth-order valence-electron chi connectivity index (χ4n) is 0.467. The highest BCUT2D eigenvalue weighted by Crippen LogP contribution is 2.12. The highest BCUT2D eigenvalue weighted by atomic mass is 35.5. The molecule has 0 saturated carbocycles. The van der Waals surface area contributed by atoms with E-state index in [0.29, 0.717) is 9.11 Å². The van der Waals surface area contributed by atoms with Gasteiger partial charge in [0.2, 0.25) is 0 Å². The lowest BCUT2D eigenvalue weighted by atomic mass is 9.90. The third-order valence-corrected chi connectivity index (χ3v) is 2.12. The van der Waals surface area contributed by atoms with Gasteiger partial charge in [-0.25, -0.2) is 0 Å². The van der Waals surface area contributed by atoms with E-state index >= 15 is 0 Å². The number of hydrogen-bond acceptors (Lipinski definition) is 3. The van der Waals surface area contributed by atoms with Crippen LogP contribution in [0.3, 0.4) is 0 Å². The van der Waals surface area contributed by atoms with E-state index in [1.807, 2.05) is 0 Å². The van der Waals surface area contributed by atoms with Crippen LogP contribution in [0.1, 0.15) is 2.85 Å². The van der Waals surface area contributed by atoms with E-state index in [0.717, 1.165) is 11.3 Å². The Kier molecular flexibility index (Phi) is 2.13. The minimum absolute atomic E-state index is 0. The lowest BCUT2D eigenvalue weighted by Gasteiger charge is -1.87. The zero-order valence-electron chi connectivity index (χ0n) is 4.41. The molecule has 52 valence electrons. The van der Waals surface area contributed by atoms with Gasteiger partial charge in [-0.2, -0.15) is 0 Å². The lowest BCUT2D eigenvalue weighted by molar-refractivity contribution is 0.427. The van der Waals surface area contributed by atoms with Gasteiger partial charge in [-0.05, 0) is 6.07 Å². The molecular weight excluding hydrogens is 158 g/mol. The largest absolute Gasteiger partial charge is 0.499 e. The zero-order chi connectivity index (χ0) is 6.85. The number of rotatable bonds is 1. The zero-order valence-corrected chi connectivity index (χ0v) is 5.99. The molecule has 0 aromatic carbocycles. The van der Waals surface area contributed by atoms with Gasteiger partial charge in [0.25, 0.3) is 0 Å². The first-order valence-corrected chi connectivity index (χ1v) is 3.51. The van der Waals surface area contributed by atoms with E-state index in [9.17, 15) is 0 Å². The van der Waals surface area contributed by atoms with Crippen LogP contribution in [-0.4, -0.2) is 17.2 Å². The minimum atomic E-state index is -1.39. The summed E-state index contributed by atoms with van der Waals surface area (Å²) in [6, 6.07) is 3.21. The molecule has 0 saturated heterocycles. The summed E-state index contributed by atoms with van der Waals surface area (Å²) in [5.74, 6) is 0. The van der Waals surface area contributed by atoms with Gasteiger partial charge in [0.05, 0.1) is 4.34 Å². The van der Waals surface area contributed by atoms with Gasteiger partial charge in [-0.1, -0.05) is 17.7 Å². The van der Waals surface area contributed by atoms with Crippen LogP contribution in [-0.2, 0) is 0 Å². The van der Waals surface area contributed by atoms with Gasteiger partial charge >= 0.3 is 7.12 Å². The summed E-state index contributed by atoms with van der Waals surface area (Å²) in [6.45, 7) is 0. The Morgan fingerprint density at radius 2 is 2.22 bits per heavy atom. The van der Waals surface area contributed by atoms with Crippen molar-refractivity contribution >= 4 is 34.8 Å². The van der Waals surface area contributed by atoms with E-state index in [1.54, 1.807) is 12.1 Å². The molecule has 0 fully saturated rings. The highest BCUT2D eigenvalue weighted by molar-refractivity contribution is 7.25. The van der Waals surface area contributed by atoms with E-state index in [-0.39, 0.29) is 2.85 Å². The first-order valence-electron chi connectivity index (χ1n) is 2.31. The molecule has 1 aromatic rings. The van der Waals surface area contributed by atoms with Crippen LogP contribution in [0.25, 0.3) is 0 Å². The number of thiophene rings is 1. The van der Waals surface area contributed by atoms with Crippen molar-refractivity contribution < 1.29 is 12.9 Å². The monoisotopic (exact) mass is 166 g/mol. The summed E-state index contributed by atoms with van der Waals surface area (Å²) in [4.78, 5) is 0. The van der Waals surface area contributed by atoms with Crippen LogP contribution in [0.2, 0.25) is 4.34 Å². The summed E-state index contributed by atoms with van der Waals surface area (Å²) in [7, 11) is -1.39. The van der Waals surface area contributed by atoms with Crippen molar-refractivity contribution in [2.24, 2.45) is 0 Å². The molecule has 1 heterocycles. The summed E-state index contributed by atoms with van der Waals surface area (Å²) in [6.07, 6.45) is 0. The molecule has 1 aromatic heterocycles. The molecule has 2 nitrogen and oxygen atoms in total. The summed E-state index contributed by atoms with van der Waals surface area (Å²) in [5, 5.41) is 17.1. The number of hydrogen-bond donors (Lipinski definition) is 2. The smallest absolute Gasteiger partial charge is 0.423 e. The normalized spacial score (nSPS) is 9.67. The Balaban J connectivity index is 0. The van der Waals surface area contributed by atoms with Crippen LogP contribution in [0, 0.1) is 0 Å². The topological polar surface area (TPSA) is 40.5 Å². The maximum Gasteiger partial charge on any atom is 0.499 e. The third-order valence-electron chi connectivity index (χ3n) is 0.848. The van der Waals surface area contributed by atoms with E-state index in [2.05, 4.69) is 0 Å². The molecule has 0 unspecified atom stereocenters. The Labute approximate surface area is 64.8 Å². The van der Waals surface area contributed by atoms with Gasteiger partial charge in [-0.3, -0.25) is 0 Å². The summed E-state index contributed by atoms with van der Waals surface area (Å²) < 4.78 is 1.04. The molecule has 0 aliphatic heterocycles. The second-order valence-electron chi connectivity index (χ2n) is 1.52. The molecule has 2 N–H and O–H groups in total. The standard InChI is InChI=1S/C4H4BClO2S.2H2/c6-4-2-1-3(9-4)5(7)8;;/h1-2,7-8H;2*1H. The van der Waals surface area contributed by atoms with E-state index in [1.165, 1.54) is 0 Å². The lowest BCUT2D eigenvalue weighted by Crippen LogP contribution is -2.26. The summed E-state index contributed by atoms with van der Waals surface area (Å²) in [5.41, 5.74) is 0. The molecule has 0 aliphatic carbocycles. The molecule has 0 atom stereocenters. The molecule has 0 spiro atoms. The van der Waals surface area contributed by atoms with Gasteiger partial charge in [-0.15, -0.1) is 11.3 Å². The second-order valence-corrected chi connectivity index (χ2v) is 3.26. The molecule has 0 radical (unpaired) electrons. The predicted molar refractivity (Wildman–Crippen MR) is 43.4 cm³/mol. The van der Waals surface area contributed by atoms with Crippen LogP contribution < -0.4 is 4.78 Å². The fraction of sp³-hybridized carbons (Fsp3) is 0. The molecular formula is C4H8BClO2S. The SMILES string of the molecule is OB(O)c1ccc(Cl)s1.[HH].[HH]. The minimum Gasteiger partial charge on any atom is -0.423 e. The van der Waals surface area contributed by atoms with Crippen molar-refractivity contribution in [2.45, 2.75) is 0 Å². The van der Waals surface area contributed by atoms with Crippen LogP contribution in [0.5, 0.6) is 0 Å². The third kappa shape index (κ3) is 1.69. The van der Waals surface area contributed by atoms with Gasteiger partial charge in [0, 0.05) is 7.63 Å². The molecule has 0 aliphatic rings. The molecule has 5 heteroatoms. The van der Waals surface area contributed by atoms with Gasteiger partial charge in [0.1, 0.15) is 0 Å². The Morgan fingerprint density at radius 1 is 1.56 bits per heavy atom. The van der Waals surface area contributed by atoms with Crippen molar-refractivity contribution in [3.05, 3.63) is 16.5 Å². The molecule has 9 heavy (non-hydrogen) atoms. The molecule has 0 bridgehead atoms. The van der Waals surface area contributed by atoms with Crippen molar-refractivity contribution in [1.29, 1.82) is 0 Å². The maximum absolute atomic E-state index is 8.54. The van der Waals surface area contributed by atoms with Crippen molar-refractivity contribution in [3.63, 3.8) is 0 Å². The fourth-order valence-corrected chi connectivity index (χ4v) is 1.40. The van der Waals surface area contributed by atoms with Crippen molar-refractivity contribution in [2.75, 3.05) is 0 Å². The van der Waals surface area contributed by atoms with Crippen LogP contribution in [0.15, 0.2) is 12.1 Å². The average molecular weight is 166 g/mol. The Hall–Kier alpha value is -0.0251. The predicted octanol–water partition coefficient (Wildman–Crippen LogP) is 0.573. The summed E-state index contributed by atoms with van der Waals surface area (Å²) >= 11 is 6.66. The van der Waals surface area contributed by atoms with Crippen molar-refractivity contribution in [3.8, 4) is 0 Å². The second kappa shape index (κ2) is 2.71. The molecule has 0 amide bonds. The van der Waals surface area contributed by atoms with Gasteiger partial charge in [0.15, 0.2) is 0 Å². The maximum atomic E-state index is 8.54. The Morgan fingerprint density at radius 3 is 2.44 bits per heavy atom. The Bertz CT molecular complexity index is 208. The van der Waals surface area contributed by atoms with Crippen LogP contribution >= 0.6 is 22.9 Å². The highest BCUT2D eigenvalue weighted by Gasteiger charge is 2.12. The number of halogens is 1. The van der Waals surface area contributed by atoms with E-state index in [4.69, 9.17) is 21.6 Å². The first-order chi connectivity index (χ1) is 4.20. The van der Waals surface area contributed by atoms with Gasteiger partial charge < -0.3 is 10.0 Å². The van der Waals surface area contributed by atoms with E-state index < -0.39 is 7.12 Å². The van der Waals surface area contributed by atoms with Crippen molar-refractivity contribution in [1.82, 2.24) is 0 Å². The molecule has 1 rings (SSSR count).